The molecule has 0 saturated heterocycles. The number of aromatic nitrogens is 2. The van der Waals surface area contributed by atoms with Crippen LogP contribution in [-0.2, 0) is 11.4 Å². The van der Waals surface area contributed by atoms with Crippen molar-refractivity contribution in [2.45, 2.75) is 6.54 Å². The number of hydrogen-bond acceptors (Lipinski definition) is 3. The quantitative estimate of drug-likeness (QED) is 0.571. The molecule has 4 heteroatoms. The second kappa shape index (κ2) is 3.21. The Morgan fingerprint density at radius 3 is 3.11 bits per heavy atom. The van der Waals surface area contributed by atoms with Crippen LogP contribution in [0.5, 0.6) is 0 Å². The predicted molar refractivity (Wildman–Crippen MR) is 32.4 cm³/mol. The van der Waals surface area contributed by atoms with Crippen molar-refractivity contribution in [3.05, 3.63) is 18.5 Å². The third-order valence-electron chi connectivity index (χ3n) is 0.997. The Hall–Kier alpha value is -0.870. The first-order valence-corrected chi connectivity index (χ1v) is 2.72. The van der Waals surface area contributed by atoms with Gasteiger partial charge in [-0.2, -0.15) is 5.10 Å². The largest absolute Gasteiger partial charge is 0.303 e. The van der Waals surface area contributed by atoms with Gasteiger partial charge in [0.25, 0.3) is 0 Å². The normalized spacial score (nSPS) is 9.89. The van der Waals surface area contributed by atoms with Gasteiger partial charge in [0.15, 0.2) is 0 Å². The van der Waals surface area contributed by atoms with Crippen LogP contribution in [0, 0.1) is 0 Å². The van der Waals surface area contributed by atoms with E-state index in [0.29, 0.717) is 13.2 Å². The minimum absolute atomic E-state index is 0.502. The van der Waals surface area contributed by atoms with Crippen molar-refractivity contribution in [3.63, 3.8) is 0 Å². The summed E-state index contributed by atoms with van der Waals surface area (Å²) in [6.07, 6.45) is 3.58. The highest BCUT2D eigenvalue weighted by molar-refractivity contribution is 4.77. The summed E-state index contributed by atoms with van der Waals surface area (Å²) in [6, 6.07) is 1.86. The van der Waals surface area contributed by atoms with Crippen LogP contribution in [0.3, 0.4) is 0 Å². The van der Waals surface area contributed by atoms with Gasteiger partial charge in [0, 0.05) is 12.4 Å². The molecule has 4 nitrogen and oxygen atoms in total. The molecule has 50 valence electrons. The van der Waals surface area contributed by atoms with E-state index >= 15 is 0 Å². The molecule has 0 radical (unpaired) electrons. The Morgan fingerprint density at radius 1 is 1.67 bits per heavy atom. The van der Waals surface area contributed by atoms with Crippen LogP contribution in [0.1, 0.15) is 0 Å². The Morgan fingerprint density at radius 2 is 2.56 bits per heavy atom. The molecule has 0 aromatic carbocycles. The maximum atomic E-state index is 4.80. The van der Waals surface area contributed by atoms with Crippen molar-refractivity contribution in [1.82, 2.24) is 9.78 Å². The summed E-state index contributed by atoms with van der Waals surface area (Å²) in [6.45, 7) is 1.21. The standard InChI is InChI=1S/C5H9N3O/c6-9-5-4-8-3-1-2-7-8/h1-3H,4-6H2. The minimum Gasteiger partial charge on any atom is -0.303 e. The van der Waals surface area contributed by atoms with Crippen molar-refractivity contribution in [1.29, 1.82) is 0 Å². The zero-order chi connectivity index (χ0) is 6.53. The molecular weight excluding hydrogens is 118 g/mol. The van der Waals surface area contributed by atoms with Gasteiger partial charge in [-0.25, -0.2) is 5.90 Å². The Balaban J connectivity index is 2.30. The summed E-state index contributed by atoms with van der Waals surface area (Å²) in [4.78, 5) is 4.35. The maximum Gasteiger partial charge on any atom is 0.0875 e. The van der Waals surface area contributed by atoms with E-state index in [9.17, 15) is 0 Å². The van der Waals surface area contributed by atoms with Gasteiger partial charge in [0.05, 0.1) is 13.2 Å². The highest BCUT2D eigenvalue weighted by atomic mass is 16.6. The first-order valence-electron chi connectivity index (χ1n) is 2.72. The Kier molecular flexibility index (Phi) is 2.23. The third kappa shape index (κ3) is 1.83. The fraction of sp³-hybridized carbons (Fsp3) is 0.400. The van der Waals surface area contributed by atoms with Crippen LogP contribution in [-0.4, -0.2) is 16.4 Å². The molecule has 2 N–H and O–H groups in total. The monoisotopic (exact) mass is 127 g/mol. The molecule has 0 atom stereocenters. The van der Waals surface area contributed by atoms with Crippen molar-refractivity contribution in [2.75, 3.05) is 6.61 Å². The molecule has 0 aliphatic rings. The van der Waals surface area contributed by atoms with E-state index in [1.165, 1.54) is 0 Å². The molecule has 0 aliphatic heterocycles. The molecule has 1 heterocycles. The van der Waals surface area contributed by atoms with Gasteiger partial charge in [0.1, 0.15) is 0 Å². The molecule has 0 spiro atoms. The fourth-order valence-corrected chi connectivity index (χ4v) is 0.579. The average Bonchev–Trinajstić information content (AvgIpc) is 2.34. The molecule has 9 heavy (non-hydrogen) atoms. The Bertz CT molecular complexity index is 149. The molecular formula is C5H9N3O. The van der Waals surface area contributed by atoms with E-state index in [1.54, 1.807) is 10.9 Å². The van der Waals surface area contributed by atoms with Crippen LogP contribution in [0.25, 0.3) is 0 Å². The maximum absolute atomic E-state index is 4.80. The molecule has 1 aromatic rings. The molecule has 0 saturated carbocycles. The average molecular weight is 127 g/mol. The number of nitrogens with two attached hydrogens (primary N) is 1. The lowest BCUT2D eigenvalue weighted by Gasteiger charge is -1.96. The van der Waals surface area contributed by atoms with Crippen molar-refractivity contribution >= 4 is 0 Å². The second-order valence-electron chi connectivity index (χ2n) is 1.64. The molecule has 1 rings (SSSR count). The van der Waals surface area contributed by atoms with Crippen LogP contribution < -0.4 is 5.90 Å². The highest BCUT2D eigenvalue weighted by Crippen LogP contribution is 1.82. The van der Waals surface area contributed by atoms with E-state index < -0.39 is 0 Å². The van der Waals surface area contributed by atoms with Crippen LogP contribution >= 0.6 is 0 Å². The minimum atomic E-state index is 0.502. The first kappa shape index (κ1) is 6.25. The molecule has 0 aliphatic carbocycles. The first-order chi connectivity index (χ1) is 4.43. The van der Waals surface area contributed by atoms with Gasteiger partial charge >= 0.3 is 0 Å². The van der Waals surface area contributed by atoms with Gasteiger partial charge in [-0.3, -0.25) is 4.68 Å². The third-order valence-corrected chi connectivity index (χ3v) is 0.997. The van der Waals surface area contributed by atoms with Gasteiger partial charge < -0.3 is 4.84 Å². The van der Waals surface area contributed by atoms with E-state index in [0.717, 1.165) is 0 Å². The van der Waals surface area contributed by atoms with Gasteiger partial charge in [-0.05, 0) is 6.07 Å². The molecule has 0 fully saturated rings. The predicted octanol–water partition coefficient (Wildman–Crippen LogP) is -0.227. The lowest BCUT2D eigenvalue weighted by molar-refractivity contribution is 0.127. The van der Waals surface area contributed by atoms with Crippen LogP contribution in [0.2, 0.25) is 0 Å². The summed E-state index contributed by atoms with van der Waals surface area (Å²) in [7, 11) is 0. The molecule has 0 unspecified atom stereocenters. The number of hydrogen-bond donors (Lipinski definition) is 1. The van der Waals surface area contributed by atoms with Crippen molar-refractivity contribution < 1.29 is 4.84 Å². The van der Waals surface area contributed by atoms with Gasteiger partial charge in [-0.15, -0.1) is 0 Å². The lowest BCUT2D eigenvalue weighted by Crippen LogP contribution is -2.09. The summed E-state index contributed by atoms with van der Waals surface area (Å²) in [5.41, 5.74) is 0. The molecule has 0 amide bonds. The van der Waals surface area contributed by atoms with Gasteiger partial charge in [0.2, 0.25) is 0 Å². The van der Waals surface area contributed by atoms with E-state index in [2.05, 4.69) is 9.94 Å². The molecule has 1 aromatic heterocycles. The summed E-state index contributed by atoms with van der Waals surface area (Å²) >= 11 is 0. The van der Waals surface area contributed by atoms with Crippen LogP contribution in [0.4, 0.5) is 0 Å². The second-order valence-corrected chi connectivity index (χ2v) is 1.64. The Labute approximate surface area is 53.2 Å². The van der Waals surface area contributed by atoms with E-state index in [1.807, 2.05) is 12.3 Å². The lowest BCUT2D eigenvalue weighted by atomic mass is 10.7. The molecule has 0 bridgehead atoms. The van der Waals surface area contributed by atoms with Crippen LogP contribution in [0.15, 0.2) is 18.5 Å². The number of nitrogens with zero attached hydrogens (tertiary/aromatic N) is 2. The topological polar surface area (TPSA) is 53.1 Å². The smallest absolute Gasteiger partial charge is 0.0875 e. The summed E-state index contributed by atoms with van der Waals surface area (Å²) < 4.78 is 1.76. The van der Waals surface area contributed by atoms with Gasteiger partial charge in [-0.1, -0.05) is 0 Å². The zero-order valence-corrected chi connectivity index (χ0v) is 5.03. The van der Waals surface area contributed by atoms with Crippen molar-refractivity contribution in [3.8, 4) is 0 Å². The van der Waals surface area contributed by atoms with Crippen molar-refractivity contribution in [2.24, 2.45) is 5.90 Å². The zero-order valence-electron chi connectivity index (χ0n) is 5.03. The van der Waals surface area contributed by atoms with E-state index in [4.69, 9.17) is 5.90 Å². The van der Waals surface area contributed by atoms with E-state index in [-0.39, 0.29) is 0 Å². The SMILES string of the molecule is NOCCn1cccn1. The summed E-state index contributed by atoms with van der Waals surface area (Å²) in [5.74, 6) is 4.80. The summed E-state index contributed by atoms with van der Waals surface area (Å²) in [5, 5.41) is 3.93. The highest BCUT2D eigenvalue weighted by Gasteiger charge is 1.86. The fourth-order valence-electron chi connectivity index (χ4n) is 0.579. The number of rotatable bonds is 3.